The van der Waals surface area contributed by atoms with Crippen LogP contribution in [0.5, 0.6) is 5.75 Å². The summed E-state index contributed by atoms with van der Waals surface area (Å²) >= 11 is 0. The summed E-state index contributed by atoms with van der Waals surface area (Å²) in [5.41, 5.74) is 2.98. The van der Waals surface area contributed by atoms with Gasteiger partial charge in [0.25, 0.3) is 5.91 Å². The summed E-state index contributed by atoms with van der Waals surface area (Å²) in [6.45, 7) is 8.25. The van der Waals surface area contributed by atoms with Gasteiger partial charge >= 0.3 is 0 Å². The predicted molar refractivity (Wildman–Crippen MR) is 120 cm³/mol. The van der Waals surface area contributed by atoms with Crippen molar-refractivity contribution in [3.63, 3.8) is 0 Å². The quantitative estimate of drug-likeness (QED) is 0.683. The highest BCUT2D eigenvalue weighted by Crippen LogP contribution is 2.16. The van der Waals surface area contributed by atoms with Crippen molar-refractivity contribution in [1.29, 1.82) is 0 Å². The zero-order valence-corrected chi connectivity index (χ0v) is 18.7. The molecule has 1 fully saturated rings. The van der Waals surface area contributed by atoms with Gasteiger partial charge in [-0.25, -0.2) is 0 Å². The van der Waals surface area contributed by atoms with E-state index in [0.717, 1.165) is 29.8 Å². The SMILES string of the molecule is Cc1cc(C)cc(OCCN(C)C(=O)CN2CCCN(C(=O)c3ccncc3)CC2)c1. The van der Waals surface area contributed by atoms with Crippen molar-refractivity contribution in [3.05, 3.63) is 59.4 Å². The Balaban J connectivity index is 1.43. The largest absolute Gasteiger partial charge is 0.492 e. The Hall–Kier alpha value is -2.93. The van der Waals surface area contributed by atoms with Gasteiger partial charge in [0.2, 0.25) is 5.91 Å². The molecule has 2 heterocycles. The van der Waals surface area contributed by atoms with Gasteiger partial charge in [0.05, 0.1) is 13.1 Å². The first-order valence-corrected chi connectivity index (χ1v) is 10.8. The zero-order valence-electron chi connectivity index (χ0n) is 18.7. The number of likely N-dealkylation sites (N-methyl/N-ethyl adjacent to an activating group) is 1. The van der Waals surface area contributed by atoms with Crippen molar-refractivity contribution in [3.8, 4) is 5.75 Å². The Morgan fingerprint density at radius 3 is 2.45 bits per heavy atom. The Kier molecular flexibility index (Phi) is 8.00. The summed E-state index contributed by atoms with van der Waals surface area (Å²) in [6.07, 6.45) is 4.12. The summed E-state index contributed by atoms with van der Waals surface area (Å²) in [5.74, 6) is 0.930. The van der Waals surface area contributed by atoms with Crippen molar-refractivity contribution in [2.24, 2.45) is 0 Å². The summed E-state index contributed by atoms with van der Waals surface area (Å²) in [5, 5.41) is 0. The number of hydrogen-bond acceptors (Lipinski definition) is 5. The van der Waals surface area contributed by atoms with Crippen LogP contribution in [0.1, 0.15) is 27.9 Å². The van der Waals surface area contributed by atoms with E-state index in [1.54, 1.807) is 29.4 Å². The third kappa shape index (κ3) is 6.79. The van der Waals surface area contributed by atoms with Crippen LogP contribution >= 0.6 is 0 Å². The molecule has 0 N–H and O–H groups in total. The van der Waals surface area contributed by atoms with Crippen molar-refractivity contribution in [1.82, 2.24) is 19.7 Å². The number of aromatic nitrogens is 1. The van der Waals surface area contributed by atoms with Gasteiger partial charge in [-0.1, -0.05) is 6.07 Å². The number of nitrogens with zero attached hydrogens (tertiary/aromatic N) is 4. The fourth-order valence-electron chi connectivity index (χ4n) is 3.76. The third-order valence-electron chi connectivity index (χ3n) is 5.48. The van der Waals surface area contributed by atoms with Crippen LogP contribution in [0.2, 0.25) is 0 Å². The second-order valence-corrected chi connectivity index (χ2v) is 8.14. The van der Waals surface area contributed by atoms with E-state index in [-0.39, 0.29) is 11.8 Å². The van der Waals surface area contributed by atoms with Crippen LogP contribution in [0, 0.1) is 13.8 Å². The standard InChI is InChI=1S/C24H32N4O3/c1-19-15-20(2)17-22(16-19)31-14-13-26(3)23(29)18-27-9-4-10-28(12-11-27)24(30)21-5-7-25-8-6-21/h5-8,15-17H,4,9-14,18H2,1-3H3. The molecule has 1 saturated heterocycles. The third-order valence-corrected chi connectivity index (χ3v) is 5.48. The molecular formula is C24H32N4O3. The second kappa shape index (κ2) is 10.9. The van der Waals surface area contributed by atoms with Crippen LogP contribution in [-0.2, 0) is 4.79 Å². The zero-order chi connectivity index (χ0) is 22.2. The lowest BCUT2D eigenvalue weighted by Crippen LogP contribution is -2.41. The van der Waals surface area contributed by atoms with Crippen LogP contribution in [0.15, 0.2) is 42.7 Å². The topological polar surface area (TPSA) is 66.0 Å². The molecule has 7 heteroatoms. The average molecular weight is 425 g/mol. The van der Waals surface area contributed by atoms with E-state index in [0.29, 0.717) is 44.9 Å². The van der Waals surface area contributed by atoms with Crippen LogP contribution in [0.25, 0.3) is 0 Å². The Bertz CT molecular complexity index is 867. The summed E-state index contributed by atoms with van der Waals surface area (Å²) < 4.78 is 5.82. The van der Waals surface area contributed by atoms with Crippen LogP contribution in [0.3, 0.4) is 0 Å². The van der Waals surface area contributed by atoms with E-state index in [1.807, 2.05) is 37.9 Å². The highest BCUT2D eigenvalue weighted by atomic mass is 16.5. The summed E-state index contributed by atoms with van der Waals surface area (Å²) in [4.78, 5) is 35.0. The molecule has 0 unspecified atom stereocenters. The first-order valence-electron chi connectivity index (χ1n) is 10.8. The van der Waals surface area contributed by atoms with Gasteiger partial charge in [0.1, 0.15) is 12.4 Å². The Labute approximate surface area is 184 Å². The van der Waals surface area contributed by atoms with Gasteiger partial charge in [0.15, 0.2) is 0 Å². The lowest BCUT2D eigenvalue weighted by molar-refractivity contribution is -0.131. The second-order valence-electron chi connectivity index (χ2n) is 8.14. The molecule has 166 valence electrons. The molecule has 0 radical (unpaired) electrons. The van der Waals surface area contributed by atoms with Crippen molar-refractivity contribution >= 4 is 11.8 Å². The number of pyridine rings is 1. The van der Waals surface area contributed by atoms with Crippen LogP contribution < -0.4 is 4.74 Å². The molecule has 0 saturated carbocycles. The van der Waals surface area contributed by atoms with Crippen molar-refractivity contribution in [2.45, 2.75) is 20.3 Å². The molecule has 7 nitrogen and oxygen atoms in total. The minimum atomic E-state index is 0.0243. The number of hydrogen-bond donors (Lipinski definition) is 0. The van der Waals surface area contributed by atoms with Gasteiger partial charge in [0, 0.05) is 51.2 Å². The van der Waals surface area contributed by atoms with Crippen molar-refractivity contribution in [2.75, 3.05) is 52.9 Å². The highest BCUT2D eigenvalue weighted by Gasteiger charge is 2.22. The van der Waals surface area contributed by atoms with Gasteiger partial charge in [-0.3, -0.25) is 19.5 Å². The maximum absolute atomic E-state index is 12.7. The van der Waals surface area contributed by atoms with E-state index in [2.05, 4.69) is 16.0 Å². The molecule has 0 aliphatic carbocycles. The summed E-state index contributed by atoms with van der Waals surface area (Å²) in [6, 6.07) is 9.60. The molecule has 1 aliphatic heterocycles. The minimum Gasteiger partial charge on any atom is -0.492 e. The smallest absolute Gasteiger partial charge is 0.254 e. The number of carbonyl (C=O) groups is 2. The molecule has 0 bridgehead atoms. The normalized spacial score (nSPS) is 14.7. The molecule has 1 aromatic carbocycles. The molecule has 31 heavy (non-hydrogen) atoms. The molecule has 0 spiro atoms. The van der Waals surface area contributed by atoms with Crippen LogP contribution in [0.4, 0.5) is 0 Å². The van der Waals surface area contributed by atoms with E-state index in [4.69, 9.17) is 4.74 Å². The van der Waals surface area contributed by atoms with E-state index in [9.17, 15) is 9.59 Å². The monoisotopic (exact) mass is 424 g/mol. The van der Waals surface area contributed by atoms with Gasteiger partial charge < -0.3 is 14.5 Å². The van der Waals surface area contributed by atoms with E-state index >= 15 is 0 Å². The molecule has 1 aliphatic rings. The highest BCUT2D eigenvalue weighted by molar-refractivity contribution is 5.94. The molecule has 2 aromatic rings. The molecule has 2 amide bonds. The van der Waals surface area contributed by atoms with Crippen LogP contribution in [-0.4, -0.2) is 84.4 Å². The maximum Gasteiger partial charge on any atom is 0.254 e. The van der Waals surface area contributed by atoms with Crippen molar-refractivity contribution < 1.29 is 14.3 Å². The lowest BCUT2D eigenvalue weighted by Gasteiger charge is -2.24. The fraction of sp³-hybridized carbons (Fsp3) is 0.458. The number of carbonyl (C=O) groups excluding carboxylic acids is 2. The maximum atomic E-state index is 12.7. The van der Waals surface area contributed by atoms with E-state index < -0.39 is 0 Å². The molecule has 0 atom stereocenters. The number of ether oxygens (including phenoxy) is 1. The molecule has 3 rings (SSSR count). The number of aryl methyl sites for hydroxylation is 2. The van der Waals surface area contributed by atoms with E-state index in [1.165, 1.54) is 0 Å². The minimum absolute atomic E-state index is 0.0243. The number of rotatable bonds is 7. The van der Waals surface area contributed by atoms with Gasteiger partial charge in [-0.2, -0.15) is 0 Å². The molecule has 1 aromatic heterocycles. The lowest BCUT2D eigenvalue weighted by atomic mass is 10.1. The first kappa shape index (κ1) is 22.7. The average Bonchev–Trinajstić information content (AvgIpc) is 2.98. The number of benzene rings is 1. The fourth-order valence-corrected chi connectivity index (χ4v) is 3.76. The number of amides is 2. The predicted octanol–water partition coefficient (Wildman–Crippen LogP) is 2.38. The molecular weight excluding hydrogens is 392 g/mol. The van der Waals surface area contributed by atoms with Gasteiger partial charge in [-0.15, -0.1) is 0 Å². The Morgan fingerprint density at radius 1 is 1.03 bits per heavy atom. The Morgan fingerprint density at radius 2 is 1.74 bits per heavy atom. The first-order chi connectivity index (χ1) is 14.9. The van der Waals surface area contributed by atoms with Gasteiger partial charge in [-0.05, 0) is 55.7 Å². The summed E-state index contributed by atoms with van der Waals surface area (Å²) in [7, 11) is 1.81.